The fourth-order valence-electron chi connectivity index (χ4n) is 1.39. The van der Waals surface area contributed by atoms with Gasteiger partial charge in [-0.05, 0) is 34.1 Å². The van der Waals surface area contributed by atoms with Crippen LogP contribution in [0.4, 0.5) is 8.78 Å². The van der Waals surface area contributed by atoms with Gasteiger partial charge in [0.2, 0.25) is 11.9 Å². The van der Waals surface area contributed by atoms with E-state index in [1.54, 1.807) is 12.1 Å². The number of hydrogen-bond donors (Lipinski definition) is 0. The van der Waals surface area contributed by atoms with E-state index in [9.17, 15) is 8.78 Å². The summed E-state index contributed by atoms with van der Waals surface area (Å²) in [4.78, 5) is 2.91. The lowest BCUT2D eigenvalue weighted by Gasteiger charge is -2.11. The second-order valence-corrected chi connectivity index (χ2v) is 5.16. The Kier molecular flexibility index (Phi) is 4.67. The van der Waals surface area contributed by atoms with Gasteiger partial charge in [0.25, 0.3) is 0 Å². The van der Waals surface area contributed by atoms with Crippen molar-refractivity contribution in [2.75, 3.05) is 7.11 Å². The Morgan fingerprint density at radius 3 is 2.25 bits per heavy atom. The molecule has 0 amide bonds. The van der Waals surface area contributed by atoms with Crippen molar-refractivity contribution >= 4 is 39.1 Å². The van der Waals surface area contributed by atoms with Gasteiger partial charge in [0.1, 0.15) is 21.5 Å². The predicted molar refractivity (Wildman–Crippen MR) is 74.9 cm³/mol. The Morgan fingerprint density at radius 2 is 1.75 bits per heavy atom. The van der Waals surface area contributed by atoms with E-state index in [0.29, 0.717) is 10.2 Å². The van der Waals surface area contributed by atoms with Crippen LogP contribution in [0.3, 0.4) is 0 Å². The van der Waals surface area contributed by atoms with Crippen molar-refractivity contribution in [3.05, 3.63) is 44.6 Å². The van der Waals surface area contributed by atoms with Gasteiger partial charge in [-0.3, -0.25) is 0 Å². The van der Waals surface area contributed by atoms with Crippen LogP contribution in [-0.4, -0.2) is 12.1 Å². The number of hydrogen-bond acceptors (Lipinski definition) is 3. The molecule has 2 rings (SSSR count). The average molecular weight is 385 g/mol. The molecule has 3 nitrogen and oxygen atoms in total. The van der Waals surface area contributed by atoms with Crippen molar-refractivity contribution in [2.45, 2.75) is 0 Å². The van der Waals surface area contributed by atoms with Crippen molar-refractivity contribution < 1.29 is 18.3 Å². The minimum Gasteiger partial charge on any atom is -0.496 e. The number of rotatable bonds is 3. The molecule has 0 radical (unpaired) electrons. The third-order valence-electron chi connectivity index (χ3n) is 2.30. The molecule has 0 atom stereocenters. The molecule has 0 aliphatic heterocycles. The van der Waals surface area contributed by atoms with Crippen LogP contribution in [0.25, 0.3) is 0 Å². The van der Waals surface area contributed by atoms with Crippen LogP contribution in [0.2, 0.25) is 10.0 Å². The maximum Gasteiger partial charge on any atom is 0.238 e. The van der Waals surface area contributed by atoms with E-state index in [1.807, 2.05) is 0 Å². The quantitative estimate of drug-likeness (QED) is 0.679. The fourth-order valence-corrected chi connectivity index (χ4v) is 2.30. The Hall–Kier alpha value is -1.11. The molecule has 1 aromatic carbocycles. The minimum atomic E-state index is -1.20. The average Bonchev–Trinajstić information content (AvgIpc) is 2.41. The third-order valence-corrected chi connectivity index (χ3v) is 3.58. The zero-order chi connectivity index (χ0) is 14.9. The zero-order valence-electron chi connectivity index (χ0n) is 9.89. The topological polar surface area (TPSA) is 31.4 Å². The first-order valence-electron chi connectivity index (χ1n) is 5.15. The number of aromatic nitrogens is 1. The van der Waals surface area contributed by atoms with Gasteiger partial charge in [-0.15, -0.1) is 0 Å². The Balaban J connectivity index is 2.42. The highest BCUT2D eigenvalue weighted by Crippen LogP contribution is 2.39. The standard InChI is InChI=1S/C12H6BrCl2F2NO2/c1-19-7-3-2-5(4-6(7)13)20-10-8(14)11(16)18-12(17)9(10)15/h2-4H,1H3. The van der Waals surface area contributed by atoms with Gasteiger partial charge < -0.3 is 9.47 Å². The van der Waals surface area contributed by atoms with Gasteiger partial charge in [-0.25, -0.2) is 0 Å². The van der Waals surface area contributed by atoms with E-state index in [4.69, 9.17) is 32.7 Å². The highest BCUT2D eigenvalue weighted by atomic mass is 79.9. The molecule has 0 saturated heterocycles. The Bertz CT molecular complexity index is 644. The molecule has 0 aliphatic carbocycles. The van der Waals surface area contributed by atoms with E-state index < -0.39 is 21.9 Å². The molecule has 1 heterocycles. The molecule has 2 aromatic rings. The first-order valence-corrected chi connectivity index (χ1v) is 6.70. The lowest BCUT2D eigenvalue weighted by Crippen LogP contribution is -1.97. The molecule has 8 heteroatoms. The molecule has 20 heavy (non-hydrogen) atoms. The summed E-state index contributed by atoms with van der Waals surface area (Å²) in [5.41, 5.74) is 0. The lowest BCUT2D eigenvalue weighted by molar-refractivity contribution is 0.409. The third kappa shape index (κ3) is 2.97. The van der Waals surface area contributed by atoms with Gasteiger partial charge in [-0.1, -0.05) is 23.2 Å². The maximum atomic E-state index is 13.3. The molecule has 0 unspecified atom stereocenters. The lowest BCUT2D eigenvalue weighted by atomic mass is 10.3. The molecule has 106 valence electrons. The van der Waals surface area contributed by atoms with Crippen molar-refractivity contribution in [2.24, 2.45) is 0 Å². The SMILES string of the molecule is COc1ccc(Oc2c(Cl)c(F)nc(F)c2Cl)cc1Br. The first-order chi connectivity index (χ1) is 9.43. The minimum absolute atomic E-state index is 0.270. The van der Waals surface area contributed by atoms with Crippen molar-refractivity contribution in [1.82, 2.24) is 4.98 Å². The number of pyridine rings is 1. The van der Waals surface area contributed by atoms with Crippen LogP contribution in [-0.2, 0) is 0 Å². The summed E-state index contributed by atoms with van der Waals surface area (Å²) in [5.74, 6) is -1.89. The van der Waals surface area contributed by atoms with Crippen molar-refractivity contribution in [3.8, 4) is 17.2 Å². The van der Waals surface area contributed by atoms with Gasteiger partial charge in [0.05, 0.1) is 11.6 Å². The molecule has 0 fully saturated rings. The van der Waals surface area contributed by atoms with Gasteiger partial charge in [-0.2, -0.15) is 13.8 Å². The van der Waals surface area contributed by atoms with E-state index in [1.165, 1.54) is 13.2 Å². The van der Waals surface area contributed by atoms with Crippen LogP contribution < -0.4 is 9.47 Å². The highest BCUT2D eigenvalue weighted by molar-refractivity contribution is 9.10. The van der Waals surface area contributed by atoms with Gasteiger partial charge in [0, 0.05) is 0 Å². The van der Waals surface area contributed by atoms with Crippen molar-refractivity contribution in [3.63, 3.8) is 0 Å². The van der Waals surface area contributed by atoms with E-state index in [0.717, 1.165) is 0 Å². The largest absolute Gasteiger partial charge is 0.496 e. The van der Waals surface area contributed by atoms with E-state index in [-0.39, 0.29) is 11.5 Å². The number of methoxy groups -OCH3 is 1. The number of nitrogens with zero attached hydrogens (tertiary/aromatic N) is 1. The number of halogens is 5. The Morgan fingerprint density at radius 1 is 1.15 bits per heavy atom. The molecular formula is C12H6BrCl2F2NO2. The normalized spacial score (nSPS) is 10.5. The predicted octanol–water partition coefficient (Wildman–Crippen LogP) is 5.23. The molecule has 0 bridgehead atoms. The zero-order valence-corrected chi connectivity index (χ0v) is 13.0. The summed E-state index contributed by atoms with van der Waals surface area (Å²) in [6.07, 6.45) is 0. The van der Waals surface area contributed by atoms with Crippen LogP contribution in [0.15, 0.2) is 22.7 Å². The summed E-state index contributed by atoms with van der Waals surface area (Å²) in [7, 11) is 1.50. The Labute approximate surface area is 131 Å². The number of ether oxygens (including phenoxy) is 2. The molecule has 0 spiro atoms. The number of benzene rings is 1. The summed E-state index contributed by atoms with van der Waals surface area (Å²) in [6.45, 7) is 0. The van der Waals surface area contributed by atoms with E-state index >= 15 is 0 Å². The second-order valence-electron chi connectivity index (χ2n) is 3.55. The fraction of sp³-hybridized carbons (Fsp3) is 0.0833. The molecule has 0 N–H and O–H groups in total. The van der Waals surface area contributed by atoms with Crippen LogP contribution >= 0.6 is 39.1 Å². The molecular weight excluding hydrogens is 379 g/mol. The van der Waals surface area contributed by atoms with Gasteiger partial charge >= 0.3 is 0 Å². The van der Waals surface area contributed by atoms with Crippen LogP contribution in [0.5, 0.6) is 17.2 Å². The summed E-state index contributed by atoms with van der Waals surface area (Å²) in [6, 6.07) is 4.68. The molecule has 0 saturated carbocycles. The maximum absolute atomic E-state index is 13.3. The van der Waals surface area contributed by atoms with Gasteiger partial charge in [0.15, 0.2) is 5.75 Å². The molecule has 1 aromatic heterocycles. The van der Waals surface area contributed by atoms with Crippen LogP contribution in [0, 0.1) is 11.9 Å². The van der Waals surface area contributed by atoms with E-state index in [2.05, 4.69) is 20.9 Å². The first kappa shape index (κ1) is 15.3. The highest BCUT2D eigenvalue weighted by Gasteiger charge is 2.20. The summed E-state index contributed by atoms with van der Waals surface area (Å²) < 4.78 is 37.5. The van der Waals surface area contributed by atoms with Crippen molar-refractivity contribution in [1.29, 1.82) is 0 Å². The summed E-state index contributed by atoms with van der Waals surface area (Å²) >= 11 is 14.6. The molecule has 0 aliphatic rings. The smallest absolute Gasteiger partial charge is 0.238 e. The summed E-state index contributed by atoms with van der Waals surface area (Å²) in [5, 5.41) is -0.994. The monoisotopic (exact) mass is 383 g/mol. The second kappa shape index (κ2) is 6.11. The van der Waals surface area contributed by atoms with Crippen LogP contribution in [0.1, 0.15) is 0 Å².